The fraction of sp³-hybridized carbons (Fsp3) is 0.300. The summed E-state index contributed by atoms with van der Waals surface area (Å²) in [6.45, 7) is 5.64. The molecular weight excluding hydrogens is 348 g/mol. The number of ether oxygens (including phenoxy) is 3. The molecule has 0 fully saturated rings. The summed E-state index contributed by atoms with van der Waals surface area (Å²) in [4.78, 5) is 25.0. The molecule has 1 aliphatic rings. The predicted molar refractivity (Wildman–Crippen MR) is 101 cm³/mol. The van der Waals surface area contributed by atoms with Crippen molar-refractivity contribution in [3.05, 3.63) is 41.7 Å². The highest BCUT2D eigenvalue weighted by Gasteiger charge is 2.25. The second-order valence-corrected chi connectivity index (χ2v) is 6.09. The molecule has 1 amide bonds. The second-order valence-electron chi connectivity index (χ2n) is 6.09. The van der Waals surface area contributed by atoms with Gasteiger partial charge in [0.05, 0.1) is 12.3 Å². The third-order valence-electron chi connectivity index (χ3n) is 4.36. The van der Waals surface area contributed by atoms with Crippen LogP contribution < -0.4 is 14.8 Å². The van der Waals surface area contributed by atoms with Gasteiger partial charge in [0, 0.05) is 24.4 Å². The number of hydrogen-bond acceptors (Lipinski definition) is 5. The van der Waals surface area contributed by atoms with Gasteiger partial charge in [-0.25, -0.2) is 4.79 Å². The van der Waals surface area contributed by atoms with E-state index in [0.29, 0.717) is 28.3 Å². The first-order chi connectivity index (χ1) is 13.0. The van der Waals surface area contributed by atoms with Crippen molar-refractivity contribution in [1.82, 2.24) is 4.57 Å². The number of rotatable bonds is 5. The maximum absolute atomic E-state index is 12.5. The van der Waals surface area contributed by atoms with E-state index in [4.69, 9.17) is 14.2 Å². The van der Waals surface area contributed by atoms with Crippen molar-refractivity contribution >= 4 is 17.6 Å². The molecule has 0 saturated carbocycles. The first-order valence-electron chi connectivity index (χ1n) is 8.67. The number of esters is 1. The molecule has 3 rings (SSSR count). The van der Waals surface area contributed by atoms with E-state index >= 15 is 0 Å². The molecule has 0 spiro atoms. The van der Waals surface area contributed by atoms with E-state index in [9.17, 15) is 9.59 Å². The monoisotopic (exact) mass is 370 g/mol. The molecule has 0 atom stereocenters. The lowest BCUT2D eigenvalue weighted by Crippen LogP contribution is -2.17. The fourth-order valence-corrected chi connectivity index (χ4v) is 2.82. The molecule has 0 saturated heterocycles. The molecule has 1 aromatic carbocycles. The number of aromatic nitrogens is 1. The molecule has 27 heavy (non-hydrogen) atoms. The topological polar surface area (TPSA) is 78.8 Å². The van der Waals surface area contributed by atoms with Crippen molar-refractivity contribution in [2.75, 3.05) is 18.7 Å². The largest absolute Gasteiger partial charge is 0.461 e. The van der Waals surface area contributed by atoms with E-state index in [1.54, 1.807) is 50.7 Å². The third-order valence-corrected chi connectivity index (χ3v) is 4.36. The van der Waals surface area contributed by atoms with Gasteiger partial charge in [-0.3, -0.25) is 4.79 Å². The molecule has 0 bridgehead atoms. The number of fused-ring (bicyclic) bond motifs is 1. The van der Waals surface area contributed by atoms with E-state index in [-0.39, 0.29) is 25.0 Å². The van der Waals surface area contributed by atoms with Crippen LogP contribution in [0.25, 0.3) is 11.1 Å². The van der Waals surface area contributed by atoms with Crippen LogP contribution in [-0.4, -0.2) is 29.8 Å². The third kappa shape index (κ3) is 3.53. The number of benzene rings is 1. The number of anilines is 1. The minimum Gasteiger partial charge on any atom is -0.461 e. The molecule has 7 nitrogen and oxygen atoms in total. The summed E-state index contributed by atoms with van der Waals surface area (Å²) in [6, 6.07) is 5.48. The van der Waals surface area contributed by atoms with Gasteiger partial charge >= 0.3 is 5.97 Å². The van der Waals surface area contributed by atoms with Gasteiger partial charge < -0.3 is 24.1 Å². The number of carbonyl (C=O) groups excluding carboxylic acids is 2. The summed E-state index contributed by atoms with van der Waals surface area (Å²) < 4.78 is 17.6. The summed E-state index contributed by atoms with van der Waals surface area (Å²) in [7, 11) is 1.74. The van der Waals surface area contributed by atoms with Crippen LogP contribution in [0.5, 0.6) is 11.5 Å². The molecule has 1 aliphatic heterocycles. The lowest BCUT2D eigenvalue weighted by Gasteiger charge is -2.11. The molecule has 2 aromatic rings. The number of amides is 1. The Bertz CT molecular complexity index is 927. The van der Waals surface area contributed by atoms with Crippen molar-refractivity contribution in [3.8, 4) is 22.6 Å². The molecule has 0 radical (unpaired) electrons. The molecule has 1 aromatic heterocycles. The van der Waals surface area contributed by atoms with Gasteiger partial charge in [-0.05, 0) is 38.5 Å². The van der Waals surface area contributed by atoms with Gasteiger partial charge in [0.25, 0.3) is 5.91 Å². The predicted octanol–water partition coefficient (Wildman–Crippen LogP) is 3.50. The Labute approximate surface area is 157 Å². The highest BCUT2D eigenvalue weighted by Crippen LogP contribution is 2.40. The van der Waals surface area contributed by atoms with Crippen LogP contribution >= 0.6 is 0 Å². The Morgan fingerprint density at radius 1 is 1.30 bits per heavy atom. The Hall–Kier alpha value is -3.22. The van der Waals surface area contributed by atoms with Gasteiger partial charge in [0.15, 0.2) is 17.2 Å². The highest BCUT2D eigenvalue weighted by molar-refractivity contribution is 6.10. The average Bonchev–Trinajstić information content (AvgIpc) is 3.24. The molecule has 0 unspecified atom stereocenters. The number of aryl methyl sites for hydroxylation is 1. The quantitative estimate of drug-likeness (QED) is 0.644. The zero-order valence-electron chi connectivity index (χ0n) is 15.8. The maximum atomic E-state index is 12.5. The lowest BCUT2D eigenvalue weighted by atomic mass is 10.1. The van der Waals surface area contributed by atoms with Crippen molar-refractivity contribution in [2.24, 2.45) is 7.05 Å². The first-order valence-corrected chi connectivity index (χ1v) is 8.67. The normalized spacial score (nSPS) is 12.8. The minimum atomic E-state index is -0.500. The molecule has 0 aliphatic carbocycles. The summed E-state index contributed by atoms with van der Waals surface area (Å²) in [6.07, 6.45) is 3.49. The summed E-state index contributed by atoms with van der Waals surface area (Å²) >= 11 is 0. The second kappa shape index (κ2) is 7.57. The number of nitrogens with one attached hydrogen (secondary N) is 1. The standard InChI is InChI=1S/C20H22N2O5/c1-5-12(3)19(23)21-17-14(10-22(4)18(17)20(24)25-6-2)13-7-8-15-16(9-13)27-11-26-15/h5,7-10H,6,11H2,1-4H3,(H,21,23)/b12-5+. The van der Waals surface area contributed by atoms with Crippen LogP contribution in [0.2, 0.25) is 0 Å². The highest BCUT2D eigenvalue weighted by atomic mass is 16.7. The smallest absolute Gasteiger partial charge is 0.357 e. The lowest BCUT2D eigenvalue weighted by molar-refractivity contribution is -0.112. The Morgan fingerprint density at radius 2 is 2.04 bits per heavy atom. The van der Waals surface area contributed by atoms with Crippen molar-refractivity contribution in [2.45, 2.75) is 20.8 Å². The Balaban J connectivity index is 2.11. The van der Waals surface area contributed by atoms with E-state index in [1.165, 1.54) is 0 Å². The average molecular weight is 370 g/mol. The van der Waals surface area contributed by atoms with Crippen molar-refractivity contribution in [1.29, 1.82) is 0 Å². The van der Waals surface area contributed by atoms with Crippen molar-refractivity contribution < 1.29 is 23.8 Å². The number of nitrogens with zero attached hydrogens (tertiary/aromatic N) is 1. The number of carbonyl (C=O) groups is 2. The number of allylic oxidation sites excluding steroid dienone is 1. The van der Waals surface area contributed by atoms with E-state index in [2.05, 4.69) is 5.32 Å². The van der Waals surface area contributed by atoms with E-state index < -0.39 is 5.97 Å². The number of hydrogen-bond donors (Lipinski definition) is 1. The molecule has 1 N–H and O–H groups in total. The van der Waals surface area contributed by atoms with Gasteiger partial charge in [-0.2, -0.15) is 0 Å². The zero-order valence-corrected chi connectivity index (χ0v) is 15.8. The maximum Gasteiger partial charge on any atom is 0.357 e. The summed E-state index contributed by atoms with van der Waals surface area (Å²) in [5, 5.41) is 2.86. The van der Waals surface area contributed by atoms with Gasteiger partial charge in [0.1, 0.15) is 0 Å². The SMILES string of the molecule is C/C=C(\C)C(=O)Nc1c(-c2ccc3c(c2)OCO3)cn(C)c1C(=O)OCC. The van der Waals surface area contributed by atoms with Crippen LogP contribution in [0.15, 0.2) is 36.0 Å². The van der Waals surface area contributed by atoms with Crippen LogP contribution in [-0.2, 0) is 16.6 Å². The van der Waals surface area contributed by atoms with E-state index in [0.717, 1.165) is 5.56 Å². The van der Waals surface area contributed by atoms with Crippen LogP contribution in [0.4, 0.5) is 5.69 Å². The zero-order chi connectivity index (χ0) is 19.6. The minimum absolute atomic E-state index is 0.172. The molecule has 7 heteroatoms. The molecular formula is C20H22N2O5. The first kappa shape index (κ1) is 18.6. The van der Waals surface area contributed by atoms with Gasteiger partial charge in [-0.1, -0.05) is 12.1 Å². The Kier molecular flexibility index (Phi) is 5.21. The Morgan fingerprint density at radius 3 is 2.74 bits per heavy atom. The fourth-order valence-electron chi connectivity index (χ4n) is 2.82. The van der Waals surface area contributed by atoms with Gasteiger partial charge in [0.2, 0.25) is 6.79 Å². The summed E-state index contributed by atoms with van der Waals surface area (Å²) in [5.41, 5.74) is 2.71. The van der Waals surface area contributed by atoms with Crippen LogP contribution in [0, 0.1) is 0 Å². The summed E-state index contributed by atoms with van der Waals surface area (Å²) in [5.74, 6) is 0.503. The van der Waals surface area contributed by atoms with Gasteiger partial charge in [-0.15, -0.1) is 0 Å². The van der Waals surface area contributed by atoms with Crippen LogP contribution in [0.3, 0.4) is 0 Å². The molecule has 2 heterocycles. The van der Waals surface area contributed by atoms with Crippen molar-refractivity contribution in [3.63, 3.8) is 0 Å². The van der Waals surface area contributed by atoms with Crippen LogP contribution in [0.1, 0.15) is 31.3 Å². The van der Waals surface area contributed by atoms with E-state index in [1.807, 2.05) is 12.1 Å². The molecule has 142 valence electrons.